The molecule has 2 aromatic rings. The number of nitrogens with zero attached hydrogens (tertiary/aromatic N) is 1. The molecule has 70 valence electrons. The summed E-state index contributed by atoms with van der Waals surface area (Å²) in [7, 11) is 0. The van der Waals surface area contributed by atoms with E-state index < -0.39 is 0 Å². The zero-order chi connectivity index (χ0) is 9.97. The molecule has 14 heavy (non-hydrogen) atoms. The molecule has 0 aliphatic carbocycles. The van der Waals surface area contributed by atoms with Gasteiger partial charge in [0.2, 0.25) is 0 Å². The number of benzene rings is 1. The standard InChI is InChI=1S/C12H11NO/c1-2-12(14)10-5-3-4-9-6-7-13-8-11(9)10/h3-8H,2H2,1H3. The van der Waals surface area contributed by atoms with Gasteiger partial charge in [0.25, 0.3) is 0 Å². The average Bonchev–Trinajstić information content (AvgIpc) is 2.27. The van der Waals surface area contributed by atoms with Crippen LogP contribution < -0.4 is 0 Å². The van der Waals surface area contributed by atoms with Crippen LogP contribution in [0, 0.1) is 0 Å². The Bertz CT molecular complexity index is 471. The normalized spacial score (nSPS) is 10.4. The highest BCUT2D eigenvalue weighted by molar-refractivity contribution is 6.07. The molecule has 0 aliphatic heterocycles. The van der Waals surface area contributed by atoms with Crippen LogP contribution in [0.15, 0.2) is 36.7 Å². The molecule has 1 aromatic heterocycles. The van der Waals surface area contributed by atoms with Crippen LogP contribution in [0.2, 0.25) is 0 Å². The minimum Gasteiger partial charge on any atom is -0.294 e. The number of Topliss-reactive ketones (excluding diaryl/α,β-unsaturated/α-hetero) is 1. The van der Waals surface area contributed by atoms with Gasteiger partial charge in [-0.1, -0.05) is 25.1 Å². The van der Waals surface area contributed by atoms with Crippen LogP contribution in [0.3, 0.4) is 0 Å². The third-order valence-corrected chi connectivity index (χ3v) is 2.31. The van der Waals surface area contributed by atoms with E-state index in [1.165, 1.54) is 0 Å². The van der Waals surface area contributed by atoms with Crippen LogP contribution in [-0.4, -0.2) is 10.8 Å². The molecule has 1 heterocycles. The Hall–Kier alpha value is -1.70. The Labute approximate surface area is 82.6 Å². The van der Waals surface area contributed by atoms with E-state index >= 15 is 0 Å². The zero-order valence-electron chi connectivity index (χ0n) is 8.03. The minimum atomic E-state index is 0.170. The van der Waals surface area contributed by atoms with Gasteiger partial charge in [-0.25, -0.2) is 0 Å². The summed E-state index contributed by atoms with van der Waals surface area (Å²) in [5.74, 6) is 0.170. The molecule has 0 saturated carbocycles. The van der Waals surface area contributed by atoms with Gasteiger partial charge in [0.15, 0.2) is 5.78 Å². The van der Waals surface area contributed by atoms with Crippen molar-refractivity contribution < 1.29 is 4.79 Å². The number of pyridine rings is 1. The van der Waals surface area contributed by atoms with Crippen molar-refractivity contribution in [3.05, 3.63) is 42.2 Å². The SMILES string of the molecule is CCC(=O)c1cccc2ccncc12. The number of aromatic nitrogens is 1. The highest BCUT2D eigenvalue weighted by Gasteiger charge is 2.06. The second-order valence-electron chi connectivity index (χ2n) is 3.18. The summed E-state index contributed by atoms with van der Waals surface area (Å²) in [6.45, 7) is 1.87. The van der Waals surface area contributed by atoms with Crippen molar-refractivity contribution >= 4 is 16.6 Å². The fraction of sp³-hybridized carbons (Fsp3) is 0.167. The molecule has 2 heteroatoms. The fourth-order valence-electron chi connectivity index (χ4n) is 1.55. The third-order valence-electron chi connectivity index (χ3n) is 2.31. The molecule has 0 fully saturated rings. The summed E-state index contributed by atoms with van der Waals surface area (Å²) in [5, 5.41) is 2.01. The van der Waals surface area contributed by atoms with E-state index in [1.807, 2.05) is 31.2 Å². The van der Waals surface area contributed by atoms with Crippen LogP contribution in [0.4, 0.5) is 0 Å². The topological polar surface area (TPSA) is 30.0 Å². The maximum absolute atomic E-state index is 11.6. The van der Waals surface area contributed by atoms with Crippen molar-refractivity contribution in [2.75, 3.05) is 0 Å². The van der Waals surface area contributed by atoms with E-state index in [2.05, 4.69) is 4.98 Å². The molecule has 0 radical (unpaired) electrons. The zero-order valence-corrected chi connectivity index (χ0v) is 8.03. The van der Waals surface area contributed by atoms with Crippen LogP contribution >= 0.6 is 0 Å². The number of ketones is 1. The first kappa shape index (κ1) is 8.88. The summed E-state index contributed by atoms with van der Waals surface area (Å²) >= 11 is 0. The van der Waals surface area contributed by atoms with Gasteiger partial charge in [0.1, 0.15) is 0 Å². The largest absolute Gasteiger partial charge is 0.294 e. The van der Waals surface area contributed by atoms with E-state index in [4.69, 9.17) is 0 Å². The Morgan fingerprint density at radius 1 is 1.36 bits per heavy atom. The molecule has 0 atom stereocenters. The maximum Gasteiger partial charge on any atom is 0.163 e. The maximum atomic E-state index is 11.6. The minimum absolute atomic E-state index is 0.170. The predicted molar refractivity (Wildman–Crippen MR) is 56.4 cm³/mol. The van der Waals surface area contributed by atoms with E-state index in [0.29, 0.717) is 6.42 Å². The predicted octanol–water partition coefficient (Wildman–Crippen LogP) is 2.83. The smallest absolute Gasteiger partial charge is 0.163 e. The number of rotatable bonds is 2. The first-order chi connectivity index (χ1) is 6.83. The first-order valence-electron chi connectivity index (χ1n) is 4.69. The fourth-order valence-corrected chi connectivity index (χ4v) is 1.55. The summed E-state index contributed by atoms with van der Waals surface area (Å²) < 4.78 is 0. The van der Waals surface area contributed by atoms with Crippen molar-refractivity contribution in [1.82, 2.24) is 4.98 Å². The van der Waals surface area contributed by atoms with Gasteiger partial charge in [0, 0.05) is 29.8 Å². The molecular weight excluding hydrogens is 174 g/mol. The molecule has 1 aromatic carbocycles. The summed E-state index contributed by atoms with van der Waals surface area (Å²) in [5.41, 5.74) is 0.776. The molecule has 0 unspecified atom stereocenters. The van der Waals surface area contributed by atoms with Gasteiger partial charge in [-0.3, -0.25) is 9.78 Å². The van der Waals surface area contributed by atoms with Crippen LogP contribution in [0.25, 0.3) is 10.8 Å². The highest BCUT2D eigenvalue weighted by Crippen LogP contribution is 2.18. The van der Waals surface area contributed by atoms with E-state index in [-0.39, 0.29) is 5.78 Å². The van der Waals surface area contributed by atoms with Crippen LogP contribution in [0.1, 0.15) is 23.7 Å². The number of carbonyl (C=O) groups excluding carboxylic acids is 1. The second-order valence-corrected chi connectivity index (χ2v) is 3.18. The summed E-state index contributed by atoms with van der Waals surface area (Å²) in [4.78, 5) is 15.6. The number of hydrogen-bond donors (Lipinski definition) is 0. The van der Waals surface area contributed by atoms with E-state index in [0.717, 1.165) is 16.3 Å². The van der Waals surface area contributed by atoms with Crippen LogP contribution in [0.5, 0.6) is 0 Å². The highest BCUT2D eigenvalue weighted by atomic mass is 16.1. The van der Waals surface area contributed by atoms with Crippen molar-refractivity contribution in [2.45, 2.75) is 13.3 Å². The lowest BCUT2D eigenvalue weighted by atomic mass is 10.0. The van der Waals surface area contributed by atoms with Gasteiger partial charge in [-0.05, 0) is 11.5 Å². The summed E-state index contributed by atoms with van der Waals surface area (Å²) in [6, 6.07) is 7.67. The molecule has 0 spiro atoms. The molecule has 2 rings (SSSR count). The summed E-state index contributed by atoms with van der Waals surface area (Å²) in [6.07, 6.45) is 4.02. The van der Waals surface area contributed by atoms with Gasteiger partial charge >= 0.3 is 0 Å². The molecule has 0 amide bonds. The molecule has 2 nitrogen and oxygen atoms in total. The molecule has 0 N–H and O–H groups in total. The Morgan fingerprint density at radius 3 is 3.00 bits per heavy atom. The number of carbonyl (C=O) groups is 1. The Balaban J connectivity index is 2.71. The number of fused-ring (bicyclic) bond motifs is 1. The Kier molecular flexibility index (Phi) is 2.27. The van der Waals surface area contributed by atoms with Crippen molar-refractivity contribution in [3.63, 3.8) is 0 Å². The first-order valence-corrected chi connectivity index (χ1v) is 4.69. The van der Waals surface area contributed by atoms with Crippen molar-refractivity contribution in [3.8, 4) is 0 Å². The molecule has 0 saturated heterocycles. The number of hydrogen-bond acceptors (Lipinski definition) is 2. The molecular formula is C12H11NO. The quantitative estimate of drug-likeness (QED) is 0.673. The lowest BCUT2D eigenvalue weighted by Crippen LogP contribution is -1.97. The van der Waals surface area contributed by atoms with E-state index in [1.54, 1.807) is 12.4 Å². The van der Waals surface area contributed by atoms with Crippen LogP contribution in [-0.2, 0) is 0 Å². The average molecular weight is 185 g/mol. The van der Waals surface area contributed by atoms with Gasteiger partial charge in [0.05, 0.1) is 0 Å². The van der Waals surface area contributed by atoms with Gasteiger partial charge in [-0.15, -0.1) is 0 Å². The second kappa shape index (κ2) is 3.58. The molecule has 0 aliphatic rings. The van der Waals surface area contributed by atoms with E-state index in [9.17, 15) is 4.79 Å². The van der Waals surface area contributed by atoms with Crippen molar-refractivity contribution in [1.29, 1.82) is 0 Å². The monoisotopic (exact) mass is 185 g/mol. The van der Waals surface area contributed by atoms with Gasteiger partial charge < -0.3 is 0 Å². The molecule has 0 bridgehead atoms. The lowest BCUT2D eigenvalue weighted by molar-refractivity contribution is 0.0990. The van der Waals surface area contributed by atoms with Gasteiger partial charge in [-0.2, -0.15) is 0 Å². The van der Waals surface area contributed by atoms with Crippen molar-refractivity contribution in [2.24, 2.45) is 0 Å². The Morgan fingerprint density at radius 2 is 2.21 bits per heavy atom. The lowest BCUT2D eigenvalue weighted by Gasteiger charge is -2.02. The third kappa shape index (κ3) is 1.39.